The summed E-state index contributed by atoms with van der Waals surface area (Å²) in [6.07, 6.45) is 0. The van der Waals surface area contributed by atoms with Gasteiger partial charge in [0, 0.05) is 47.2 Å². The van der Waals surface area contributed by atoms with E-state index < -0.39 is 5.91 Å². The summed E-state index contributed by atoms with van der Waals surface area (Å²) in [6, 6.07) is 29.4. The number of nitrogens with zero attached hydrogens (tertiary/aromatic N) is 5. The normalized spacial score (nSPS) is 10.9. The number of nitrogens with one attached hydrogen (secondary N) is 2. The molecule has 196 valence electrons. The number of rotatable bonds is 10. The van der Waals surface area contributed by atoms with Crippen molar-refractivity contribution in [1.29, 1.82) is 0 Å². The topological polar surface area (TPSA) is 126 Å². The lowest BCUT2D eigenvalue weighted by Gasteiger charge is -2.27. The molecule has 1 amide bonds. The van der Waals surface area contributed by atoms with Gasteiger partial charge in [0.25, 0.3) is 0 Å². The summed E-state index contributed by atoms with van der Waals surface area (Å²) in [5, 5.41) is 18.0. The zero-order valence-electron chi connectivity index (χ0n) is 21.9. The fourth-order valence-electron chi connectivity index (χ4n) is 4.44. The number of hydrogen-bond acceptors (Lipinski definition) is 7. The van der Waals surface area contributed by atoms with E-state index in [1.54, 1.807) is 12.1 Å². The molecular formula is C30H30N8O. The lowest BCUT2D eigenvalue weighted by molar-refractivity contribution is 0.100. The van der Waals surface area contributed by atoms with Gasteiger partial charge in [-0.3, -0.25) is 4.79 Å². The van der Waals surface area contributed by atoms with E-state index in [1.165, 1.54) is 5.56 Å². The third-order valence-corrected chi connectivity index (χ3v) is 6.20. The van der Waals surface area contributed by atoms with Crippen molar-refractivity contribution in [2.45, 2.75) is 20.4 Å². The second-order valence-electron chi connectivity index (χ2n) is 9.72. The zero-order valence-corrected chi connectivity index (χ0v) is 21.9. The van der Waals surface area contributed by atoms with Gasteiger partial charge in [-0.15, -0.1) is 5.10 Å². The number of hydrogen-bond donors (Lipinski definition) is 3. The summed E-state index contributed by atoms with van der Waals surface area (Å²) in [6.45, 7) is 5.95. The Labute approximate surface area is 227 Å². The number of carbonyl (C=O) groups excluding carboxylic acids is 1. The monoisotopic (exact) mass is 518 g/mol. The summed E-state index contributed by atoms with van der Waals surface area (Å²) in [4.78, 5) is 19.0. The minimum atomic E-state index is -0.459. The number of aromatic amines is 1. The van der Waals surface area contributed by atoms with Gasteiger partial charge < -0.3 is 16.0 Å². The number of nitrogens with two attached hydrogens (primary N) is 1. The van der Waals surface area contributed by atoms with Gasteiger partial charge in [0.2, 0.25) is 5.91 Å². The molecule has 2 heterocycles. The van der Waals surface area contributed by atoms with Gasteiger partial charge >= 0.3 is 0 Å². The van der Waals surface area contributed by atoms with Crippen LogP contribution in [0.3, 0.4) is 0 Å². The van der Waals surface area contributed by atoms with Crippen molar-refractivity contribution in [3.05, 3.63) is 102 Å². The van der Waals surface area contributed by atoms with E-state index in [2.05, 4.69) is 75.0 Å². The molecule has 9 heteroatoms. The standard InChI is InChI=1S/C30H30N8O/c1-20(2)18-38(19-21-8-4-3-5-9-21)28-17-24(32-23-14-12-22(13-15-23)29(31)39)16-27(33-28)25-10-6-7-11-26(25)30-34-36-37-35-30/h3-17,20H,18-19H2,1-2H3,(H2,31,39)(H,32,33)(H,34,35,36,37). The minimum Gasteiger partial charge on any atom is -0.366 e. The number of amides is 1. The molecule has 2 aromatic heterocycles. The molecule has 4 N–H and O–H groups in total. The zero-order chi connectivity index (χ0) is 27.2. The molecular weight excluding hydrogens is 488 g/mol. The lowest BCUT2D eigenvalue weighted by atomic mass is 10.0. The summed E-state index contributed by atoms with van der Waals surface area (Å²) in [5.74, 6) is 1.37. The Morgan fingerprint density at radius 2 is 1.64 bits per heavy atom. The maximum atomic E-state index is 11.5. The van der Waals surface area contributed by atoms with Crippen molar-refractivity contribution in [2.24, 2.45) is 11.7 Å². The van der Waals surface area contributed by atoms with Crippen molar-refractivity contribution in [2.75, 3.05) is 16.8 Å². The highest BCUT2D eigenvalue weighted by Gasteiger charge is 2.17. The highest BCUT2D eigenvalue weighted by Crippen LogP contribution is 2.33. The van der Waals surface area contributed by atoms with Gasteiger partial charge in [0.05, 0.1) is 5.69 Å². The molecule has 0 spiro atoms. The van der Waals surface area contributed by atoms with E-state index >= 15 is 0 Å². The number of aromatic nitrogens is 5. The second-order valence-corrected chi connectivity index (χ2v) is 9.72. The molecule has 0 saturated heterocycles. The van der Waals surface area contributed by atoms with Crippen molar-refractivity contribution in [1.82, 2.24) is 25.6 Å². The van der Waals surface area contributed by atoms with Gasteiger partial charge in [-0.05, 0) is 52.2 Å². The van der Waals surface area contributed by atoms with Crippen LogP contribution in [0.25, 0.3) is 22.6 Å². The Morgan fingerprint density at radius 3 is 2.31 bits per heavy atom. The fourth-order valence-corrected chi connectivity index (χ4v) is 4.44. The quantitative estimate of drug-likeness (QED) is 0.225. The Bertz CT molecular complexity index is 1530. The molecule has 0 saturated carbocycles. The molecule has 0 unspecified atom stereocenters. The van der Waals surface area contributed by atoms with Crippen LogP contribution in [0.2, 0.25) is 0 Å². The maximum absolute atomic E-state index is 11.5. The third kappa shape index (κ3) is 6.27. The van der Waals surface area contributed by atoms with Crippen molar-refractivity contribution in [3.8, 4) is 22.6 Å². The van der Waals surface area contributed by atoms with Crippen LogP contribution in [0.1, 0.15) is 29.8 Å². The second kappa shape index (κ2) is 11.6. The van der Waals surface area contributed by atoms with Gasteiger partial charge in [-0.1, -0.05) is 68.4 Å². The SMILES string of the molecule is CC(C)CN(Cc1ccccc1)c1cc(Nc2ccc(C(N)=O)cc2)cc(-c2ccccc2-c2nnn[nH]2)n1. The number of carbonyl (C=O) groups is 1. The molecule has 5 aromatic rings. The van der Waals surface area contributed by atoms with Crippen LogP contribution >= 0.6 is 0 Å². The molecule has 0 aliphatic heterocycles. The Morgan fingerprint density at radius 1 is 0.923 bits per heavy atom. The highest BCUT2D eigenvalue weighted by atomic mass is 16.1. The molecule has 3 aromatic carbocycles. The molecule has 0 fully saturated rings. The molecule has 0 aliphatic rings. The first-order valence-corrected chi connectivity index (χ1v) is 12.8. The highest BCUT2D eigenvalue weighted by molar-refractivity contribution is 5.93. The van der Waals surface area contributed by atoms with Gasteiger partial charge in [-0.25, -0.2) is 10.1 Å². The predicted molar refractivity (Wildman–Crippen MR) is 153 cm³/mol. The number of H-pyrrole nitrogens is 1. The predicted octanol–water partition coefficient (Wildman–Crippen LogP) is 5.43. The van der Waals surface area contributed by atoms with Gasteiger partial charge in [-0.2, -0.15) is 0 Å². The summed E-state index contributed by atoms with van der Waals surface area (Å²) in [5.41, 5.74) is 11.3. The number of anilines is 3. The molecule has 5 rings (SSSR count). The van der Waals surface area contributed by atoms with Crippen LogP contribution in [-0.4, -0.2) is 38.1 Å². The van der Waals surface area contributed by atoms with E-state index in [9.17, 15) is 4.79 Å². The Kier molecular flexibility index (Phi) is 7.58. The number of pyridine rings is 1. The summed E-state index contributed by atoms with van der Waals surface area (Å²) < 4.78 is 0. The van der Waals surface area contributed by atoms with E-state index in [0.29, 0.717) is 17.3 Å². The van der Waals surface area contributed by atoms with E-state index in [4.69, 9.17) is 10.7 Å². The number of benzene rings is 3. The first-order valence-electron chi connectivity index (χ1n) is 12.8. The van der Waals surface area contributed by atoms with Crippen molar-refractivity contribution < 1.29 is 4.79 Å². The molecule has 39 heavy (non-hydrogen) atoms. The average Bonchev–Trinajstić information content (AvgIpc) is 3.48. The van der Waals surface area contributed by atoms with Crippen LogP contribution in [0.4, 0.5) is 17.2 Å². The van der Waals surface area contributed by atoms with E-state index in [-0.39, 0.29) is 0 Å². The lowest BCUT2D eigenvalue weighted by Crippen LogP contribution is -2.28. The summed E-state index contributed by atoms with van der Waals surface area (Å²) >= 11 is 0. The van der Waals surface area contributed by atoms with Crippen LogP contribution in [0, 0.1) is 5.92 Å². The van der Waals surface area contributed by atoms with Crippen molar-refractivity contribution >= 4 is 23.1 Å². The van der Waals surface area contributed by atoms with Gasteiger partial charge in [0.15, 0.2) is 5.82 Å². The number of tetrazole rings is 1. The Balaban J connectivity index is 1.60. The Hall–Kier alpha value is -5.05. The molecule has 9 nitrogen and oxygen atoms in total. The molecule has 0 bridgehead atoms. The van der Waals surface area contributed by atoms with Crippen LogP contribution in [0.15, 0.2) is 91.0 Å². The molecule has 0 atom stereocenters. The molecule has 0 aliphatic carbocycles. The van der Waals surface area contributed by atoms with Gasteiger partial charge in [0.1, 0.15) is 5.82 Å². The first kappa shape index (κ1) is 25.6. The minimum absolute atomic E-state index is 0.421. The maximum Gasteiger partial charge on any atom is 0.248 e. The smallest absolute Gasteiger partial charge is 0.248 e. The molecule has 0 radical (unpaired) electrons. The average molecular weight is 519 g/mol. The van der Waals surface area contributed by atoms with Crippen LogP contribution < -0.4 is 16.0 Å². The first-order chi connectivity index (χ1) is 19.0. The fraction of sp³-hybridized carbons (Fsp3) is 0.167. The summed E-state index contributed by atoms with van der Waals surface area (Å²) in [7, 11) is 0. The van der Waals surface area contributed by atoms with Crippen LogP contribution in [0.5, 0.6) is 0 Å². The van der Waals surface area contributed by atoms with Crippen molar-refractivity contribution in [3.63, 3.8) is 0 Å². The van der Waals surface area contributed by atoms with Crippen LogP contribution in [-0.2, 0) is 6.54 Å². The van der Waals surface area contributed by atoms with E-state index in [1.807, 2.05) is 48.5 Å². The van der Waals surface area contributed by atoms with E-state index in [0.717, 1.165) is 47.1 Å². The third-order valence-electron chi connectivity index (χ3n) is 6.20. The largest absolute Gasteiger partial charge is 0.366 e. The number of primary amides is 1.